The van der Waals surface area contributed by atoms with Gasteiger partial charge in [-0.2, -0.15) is 13.2 Å². The second-order valence-corrected chi connectivity index (χ2v) is 5.25. The molecule has 0 fully saturated rings. The van der Waals surface area contributed by atoms with E-state index in [1.807, 2.05) is 0 Å². The summed E-state index contributed by atoms with van der Waals surface area (Å²) < 4.78 is 43.7. The van der Waals surface area contributed by atoms with Gasteiger partial charge in [-0.05, 0) is 30.5 Å². The highest BCUT2D eigenvalue weighted by Crippen LogP contribution is 2.32. The lowest BCUT2D eigenvalue weighted by Gasteiger charge is -2.18. The number of nitrogens with two attached hydrogens (primary N) is 1. The Kier molecular flexibility index (Phi) is 7.02. The molecule has 0 spiro atoms. The van der Waals surface area contributed by atoms with E-state index in [1.165, 1.54) is 6.07 Å². The van der Waals surface area contributed by atoms with Crippen LogP contribution >= 0.6 is 0 Å². The van der Waals surface area contributed by atoms with Gasteiger partial charge in [0.15, 0.2) is 0 Å². The van der Waals surface area contributed by atoms with Crippen LogP contribution in [0.4, 0.5) is 13.2 Å². The lowest BCUT2D eigenvalue weighted by atomic mass is 10.0. The van der Waals surface area contributed by atoms with E-state index in [0.717, 1.165) is 37.8 Å². The van der Waals surface area contributed by atoms with Crippen LogP contribution in [-0.2, 0) is 12.7 Å². The Morgan fingerprint density at radius 1 is 1.24 bits per heavy atom. The predicted molar refractivity (Wildman–Crippen MR) is 78.1 cm³/mol. The van der Waals surface area contributed by atoms with Crippen molar-refractivity contribution in [1.82, 2.24) is 0 Å². The van der Waals surface area contributed by atoms with Crippen LogP contribution in [0.25, 0.3) is 0 Å². The van der Waals surface area contributed by atoms with E-state index in [1.54, 1.807) is 0 Å². The van der Waals surface area contributed by atoms with Crippen molar-refractivity contribution in [2.45, 2.75) is 52.3 Å². The van der Waals surface area contributed by atoms with Crippen LogP contribution in [0.1, 0.15) is 50.7 Å². The zero-order chi connectivity index (χ0) is 15.9. The van der Waals surface area contributed by atoms with Crippen LogP contribution < -0.4 is 10.5 Å². The number of ether oxygens (including phenoxy) is 1. The smallest absolute Gasteiger partial charge is 0.416 e. The summed E-state index contributed by atoms with van der Waals surface area (Å²) in [5, 5.41) is 0. The summed E-state index contributed by atoms with van der Waals surface area (Å²) in [5.74, 6) is 0.887. The number of halogens is 3. The lowest BCUT2D eigenvalue weighted by molar-refractivity contribution is -0.137. The van der Waals surface area contributed by atoms with Gasteiger partial charge in [0.1, 0.15) is 5.75 Å². The molecule has 1 rings (SSSR count). The van der Waals surface area contributed by atoms with Crippen LogP contribution in [0.5, 0.6) is 5.75 Å². The van der Waals surface area contributed by atoms with Crippen molar-refractivity contribution < 1.29 is 17.9 Å². The SMILES string of the molecule is CCCCC(CC)COc1ccc(C(F)(F)F)cc1CN. The first kappa shape index (κ1) is 17.8. The van der Waals surface area contributed by atoms with Crippen LogP contribution in [-0.4, -0.2) is 6.61 Å². The molecule has 1 unspecified atom stereocenters. The quantitative estimate of drug-likeness (QED) is 0.751. The molecule has 21 heavy (non-hydrogen) atoms. The Morgan fingerprint density at radius 3 is 2.48 bits per heavy atom. The monoisotopic (exact) mass is 303 g/mol. The summed E-state index contributed by atoms with van der Waals surface area (Å²) in [6.07, 6.45) is -0.0107. The maximum absolute atomic E-state index is 12.7. The third-order valence-electron chi connectivity index (χ3n) is 3.63. The van der Waals surface area contributed by atoms with E-state index in [2.05, 4.69) is 13.8 Å². The highest BCUT2D eigenvalue weighted by molar-refractivity contribution is 5.38. The van der Waals surface area contributed by atoms with E-state index in [0.29, 0.717) is 23.8 Å². The fraction of sp³-hybridized carbons (Fsp3) is 0.625. The first-order chi connectivity index (χ1) is 9.92. The molecule has 120 valence electrons. The van der Waals surface area contributed by atoms with Gasteiger partial charge in [-0.3, -0.25) is 0 Å². The van der Waals surface area contributed by atoms with Crippen LogP contribution in [0, 0.1) is 5.92 Å². The molecule has 1 atom stereocenters. The lowest BCUT2D eigenvalue weighted by Crippen LogP contribution is -2.14. The molecular weight excluding hydrogens is 279 g/mol. The number of hydrogen-bond donors (Lipinski definition) is 1. The van der Waals surface area contributed by atoms with Crippen molar-refractivity contribution in [2.24, 2.45) is 11.7 Å². The van der Waals surface area contributed by atoms with Gasteiger partial charge in [0.2, 0.25) is 0 Å². The van der Waals surface area contributed by atoms with Crippen LogP contribution in [0.2, 0.25) is 0 Å². The van der Waals surface area contributed by atoms with Gasteiger partial charge in [-0.25, -0.2) is 0 Å². The molecule has 0 aliphatic rings. The standard InChI is InChI=1S/C16H24F3NO/c1-3-5-6-12(4-2)11-21-15-8-7-14(16(17,18)19)9-13(15)10-20/h7-9,12H,3-6,10-11,20H2,1-2H3. The summed E-state index contributed by atoms with van der Waals surface area (Å²) in [6.45, 7) is 4.79. The fourth-order valence-electron chi connectivity index (χ4n) is 2.16. The van der Waals surface area contributed by atoms with Gasteiger partial charge in [-0.15, -0.1) is 0 Å². The number of benzene rings is 1. The van der Waals surface area contributed by atoms with Crippen molar-refractivity contribution in [3.05, 3.63) is 29.3 Å². The number of rotatable bonds is 8. The van der Waals surface area contributed by atoms with Crippen LogP contribution in [0.15, 0.2) is 18.2 Å². The van der Waals surface area contributed by atoms with E-state index in [-0.39, 0.29) is 6.54 Å². The van der Waals surface area contributed by atoms with Gasteiger partial charge in [0, 0.05) is 12.1 Å². The molecule has 0 heterocycles. The minimum atomic E-state index is -4.35. The second-order valence-electron chi connectivity index (χ2n) is 5.25. The summed E-state index contributed by atoms with van der Waals surface area (Å²) in [7, 11) is 0. The van der Waals surface area contributed by atoms with Crippen molar-refractivity contribution in [2.75, 3.05) is 6.61 Å². The Morgan fingerprint density at radius 2 is 1.95 bits per heavy atom. The summed E-state index contributed by atoms with van der Waals surface area (Å²) in [4.78, 5) is 0. The highest BCUT2D eigenvalue weighted by Gasteiger charge is 2.31. The topological polar surface area (TPSA) is 35.2 Å². The highest BCUT2D eigenvalue weighted by atomic mass is 19.4. The van der Waals surface area contributed by atoms with Gasteiger partial charge in [-0.1, -0.05) is 33.1 Å². The molecular formula is C16H24F3NO. The molecule has 0 aromatic heterocycles. The number of hydrogen-bond acceptors (Lipinski definition) is 2. The third-order valence-corrected chi connectivity index (χ3v) is 3.63. The third kappa shape index (κ3) is 5.58. The Balaban J connectivity index is 2.74. The normalized spacial score (nSPS) is 13.2. The van der Waals surface area contributed by atoms with E-state index in [4.69, 9.17) is 10.5 Å². The predicted octanol–water partition coefficient (Wildman–Crippen LogP) is 4.76. The Bertz CT molecular complexity index is 432. The molecule has 0 saturated heterocycles. The van der Waals surface area contributed by atoms with Crippen LogP contribution in [0.3, 0.4) is 0 Å². The number of unbranched alkanes of at least 4 members (excludes halogenated alkanes) is 1. The van der Waals surface area contributed by atoms with E-state index in [9.17, 15) is 13.2 Å². The van der Waals surface area contributed by atoms with Crippen molar-refractivity contribution >= 4 is 0 Å². The van der Waals surface area contributed by atoms with Crippen molar-refractivity contribution in [1.29, 1.82) is 0 Å². The van der Waals surface area contributed by atoms with Crippen molar-refractivity contribution in [3.63, 3.8) is 0 Å². The van der Waals surface area contributed by atoms with E-state index < -0.39 is 11.7 Å². The fourth-order valence-corrected chi connectivity index (χ4v) is 2.16. The Hall–Kier alpha value is -1.23. The summed E-state index contributed by atoms with van der Waals surface area (Å²) in [5.41, 5.74) is 5.25. The molecule has 0 aliphatic heterocycles. The average molecular weight is 303 g/mol. The molecule has 0 aliphatic carbocycles. The molecule has 0 bridgehead atoms. The maximum Gasteiger partial charge on any atom is 0.416 e. The molecule has 1 aromatic rings. The minimum absolute atomic E-state index is 0.0327. The summed E-state index contributed by atoms with van der Waals surface area (Å²) >= 11 is 0. The van der Waals surface area contributed by atoms with Gasteiger partial charge in [0.25, 0.3) is 0 Å². The van der Waals surface area contributed by atoms with Gasteiger partial charge < -0.3 is 10.5 Å². The molecule has 5 heteroatoms. The zero-order valence-corrected chi connectivity index (χ0v) is 12.7. The largest absolute Gasteiger partial charge is 0.493 e. The molecule has 0 radical (unpaired) electrons. The maximum atomic E-state index is 12.7. The Labute approximate surface area is 124 Å². The van der Waals surface area contributed by atoms with Gasteiger partial charge >= 0.3 is 6.18 Å². The average Bonchev–Trinajstić information content (AvgIpc) is 2.46. The number of alkyl halides is 3. The molecule has 0 amide bonds. The first-order valence-corrected chi connectivity index (χ1v) is 7.45. The molecule has 2 nitrogen and oxygen atoms in total. The molecule has 1 aromatic carbocycles. The second kappa shape index (κ2) is 8.27. The minimum Gasteiger partial charge on any atom is -0.493 e. The summed E-state index contributed by atoms with van der Waals surface area (Å²) in [6, 6.07) is 3.49. The first-order valence-electron chi connectivity index (χ1n) is 7.45. The molecule has 2 N–H and O–H groups in total. The van der Waals surface area contributed by atoms with E-state index >= 15 is 0 Å². The van der Waals surface area contributed by atoms with Gasteiger partial charge in [0.05, 0.1) is 12.2 Å². The van der Waals surface area contributed by atoms with Crippen molar-refractivity contribution in [3.8, 4) is 5.75 Å². The molecule has 0 saturated carbocycles. The zero-order valence-electron chi connectivity index (χ0n) is 12.7.